The van der Waals surface area contributed by atoms with Crippen LogP contribution in [0.25, 0.3) is 10.4 Å². The van der Waals surface area contributed by atoms with Crippen molar-refractivity contribution in [1.82, 2.24) is 4.98 Å². The van der Waals surface area contributed by atoms with Crippen molar-refractivity contribution in [3.05, 3.63) is 38.4 Å². The first-order valence-electron chi connectivity index (χ1n) is 3.89. The van der Waals surface area contributed by atoms with Gasteiger partial charge in [-0.3, -0.25) is 4.79 Å². The molecular formula is C9H7BrN2OS. The van der Waals surface area contributed by atoms with Gasteiger partial charge in [-0.2, -0.15) is 0 Å². The Morgan fingerprint density at radius 1 is 1.36 bits per heavy atom. The summed E-state index contributed by atoms with van der Waals surface area (Å²) in [5.41, 5.74) is 6.21. The minimum Gasteiger partial charge on any atom is -0.385 e. The van der Waals surface area contributed by atoms with Gasteiger partial charge in [-0.15, -0.1) is 11.3 Å². The van der Waals surface area contributed by atoms with Crippen molar-refractivity contribution in [2.24, 2.45) is 0 Å². The number of nitrogen functional groups attached to an aromatic ring is 1. The smallest absolute Gasteiger partial charge is 0.250 e. The highest BCUT2D eigenvalue weighted by Crippen LogP contribution is 2.29. The highest BCUT2D eigenvalue weighted by atomic mass is 79.9. The lowest BCUT2D eigenvalue weighted by molar-refractivity contribution is 1.25. The third-order valence-electron chi connectivity index (χ3n) is 1.72. The number of anilines is 1. The van der Waals surface area contributed by atoms with E-state index in [-0.39, 0.29) is 5.56 Å². The third-order valence-corrected chi connectivity index (χ3v) is 3.46. The largest absolute Gasteiger partial charge is 0.385 e. The van der Waals surface area contributed by atoms with Crippen LogP contribution in [0.5, 0.6) is 0 Å². The molecule has 0 fully saturated rings. The molecule has 72 valence electrons. The Bertz CT molecular complexity index is 518. The van der Waals surface area contributed by atoms with Gasteiger partial charge >= 0.3 is 0 Å². The van der Waals surface area contributed by atoms with Crippen molar-refractivity contribution in [2.45, 2.75) is 0 Å². The lowest BCUT2D eigenvalue weighted by Crippen LogP contribution is -2.06. The van der Waals surface area contributed by atoms with Crippen LogP contribution in [0.4, 0.5) is 5.82 Å². The number of nitrogens with two attached hydrogens (primary N) is 1. The molecule has 0 saturated carbocycles. The van der Waals surface area contributed by atoms with Crippen molar-refractivity contribution >= 4 is 33.1 Å². The van der Waals surface area contributed by atoms with Gasteiger partial charge in [-0.05, 0) is 28.1 Å². The maximum Gasteiger partial charge on any atom is 0.250 e. The molecule has 0 unspecified atom stereocenters. The van der Waals surface area contributed by atoms with E-state index in [1.807, 2.05) is 11.4 Å². The normalized spacial score (nSPS) is 10.4. The summed E-state index contributed by atoms with van der Waals surface area (Å²) in [4.78, 5) is 14.7. The molecule has 0 aromatic carbocycles. The van der Waals surface area contributed by atoms with Gasteiger partial charge < -0.3 is 10.7 Å². The molecule has 3 N–H and O–H groups in total. The van der Waals surface area contributed by atoms with Crippen molar-refractivity contribution < 1.29 is 0 Å². The van der Waals surface area contributed by atoms with Crippen molar-refractivity contribution in [3.63, 3.8) is 0 Å². The first kappa shape index (κ1) is 9.48. The summed E-state index contributed by atoms with van der Waals surface area (Å²) in [6.07, 6.45) is 0. The fraction of sp³-hybridized carbons (Fsp3) is 0. The molecule has 0 aliphatic heterocycles. The summed E-state index contributed by atoms with van der Waals surface area (Å²) in [5, 5.41) is 1.96. The van der Waals surface area contributed by atoms with E-state index in [2.05, 4.69) is 20.9 Å². The number of aromatic nitrogens is 1. The molecule has 0 aliphatic carbocycles. The van der Waals surface area contributed by atoms with Crippen LogP contribution in [0.3, 0.4) is 0 Å². The minimum absolute atomic E-state index is 0.176. The third kappa shape index (κ3) is 1.88. The number of hydrogen-bond acceptors (Lipinski definition) is 3. The molecule has 0 amide bonds. The van der Waals surface area contributed by atoms with E-state index < -0.39 is 0 Å². The first-order chi connectivity index (χ1) is 6.65. The number of nitrogens with one attached hydrogen (secondary N) is 1. The second kappa shape index (κ2) is 3.59. The van der Waals surface area contributed by atoms with Gasteiger partial charge in [0.05, 0.1) is 0 Å². The Kier molecular flexibility index (Phi) is 2.43. The number of halogens is 1. The topological polar surface area (TPSA) is 58.9 Å². The predicted molar refractivity (Wildman–Crippen MR) is 62.5 cm³/mol. The van der Waals surface area contributed by atoms with E-state index in [0.29, 0.717) is 5.82 Å². The molecular weight excluding hydrogens is 264 g/mol. The molecule has 2 aromatic heterocycles. The molecule has 0 atom stereocenters. The zero-order valence-electron chi connectivity index (χ0n) is 7.08. The van der Waals surface area contributed by atoms with Crippen LogP contribution in [0.15, 0.2) is 32.8 Å². The minimum atomic E-state index is -0.176. The molecule has 0 radical (unpaired) electrons. The van der Waals surface area contributed by atoms with Crippen LogP contribution in [0.1, 0.15) is 0 Å². The van der Waals surface area contributed by atoms with Crippen LogP contribution in [0.2, 0.25) is 0 Å². The lowest BCUT2D eigenvalue weighted by Gasteiger charge is -1.97. The van der Waals surface area contributed by atoms with E-state index in [1.54, 1.807) is 17.4 Å². The van der Waals surface area contributed by atoms with E-state index in [1.165, 1.54) is 6.07 Å². The highest BCUT2D eigenvalue weighted by Gasteiger charge is 2.02. The van der Waals surface area contributed by atoms with Crippen molar-refractivity contribution in [2.75, 3.05) is 5.73 Å². The standard InChI is InChI=1S/C9H7BrN2OS/c10-6-3-7(14-4-6)5-1-8(11)12-9(13)2-5/h1-4H,(H3,11,12,13). The van der Waals surface area contributed by atoms with Gasteiger partial charge in [0, 0.05) is 26.4 Å². The fourth-order valence-electron chi connectivity index (χ4n) is 1.17. The number of H-pyrrole nitrogens is 1. The van der Waals surface area contributed by atoms with E-state index in [0.717, 1.165) is 14.9 Å². The predicted octanol–water partition coefficient (Wildman–Crippen LogP) is 2.45. The highest BCUT2D eigenvalue weighted by molar-refractivity contribution is 9.10. The summed E-state index contributed by atoms with van der Waals surface area (Å²) < 4.78 is 1.01. The van der Waals surface area contributed by atoms with Crippen LogP contribution in [-0.2, 0) is 0 Å². The maximum absolute atomic E-state index is 11.1. The quantitative estimate of drug-likeness (QED) is 0.837. The number of pyridine rings is 1. The summed E-state index contributed by atoms with van der Waals surface area (Å²) in [7, 11) is 0. The van der Waals surface area contributed by atoms with Gasteiger partial charge in [0.1, 0.15) is 5.82 Å². The van der Waals surface area contributed by atoms with E-state index in [9.17, 15) is 4.79 Å². The van der Waals surface area contributed by atoms with Gasteiger partial charge in [-0.1, -0.05) is 0 Å². The van der Waals surface area contributed by atoms with Crippen LogP contribution in [-0.4, -0.2) is 4.98 Å². The van der Waals surface area contributed by atoms with Crippen LogP contribution >= 0.6 is 27.3 Å². The van der Waals surface area contributed by atoms with Gasteiger partial charge in [0.25, 0.3) is 0 Å². The van der Waals surface area contributed by atoms with Crippen LogP contribution in [0, 0.1) is 0 Å². The summed E-state index contributed by atoms with van der Waals surface area (Å²) >= 11 is 4.92. The van der Waals surface area contributed by atoms with Crippen molar-refractivity contribution in [1.29, 1.82) is 0 Å². The first-order valence-corrected chi connectivity index (χ1v) is 5.56. The Morgan fingerprint density at radius 3 is 2.71 bits per heavy atom. The average molecular weight is 271 g/mol. The number of thiophene rings is 1. The Hall–Kier alpha value is -1.07. The van der Waals surface area contributed by atoms with E-state index >= 15 is 0 Å². The van der Waals surface area contributed by atoms with Gasteiger partial charge in [0.2, 0.25) is 5.56 Å². The second-order valence-corrected chi connectivity index (χ2v) is 4.64. The summed E-state index contributed by atoms with van der Waals surface area (Å²) in [6.45, 7) is 0. The lowest BCUT2D eigenvalue weighted by atomic mass is 10.2. The molecule has 0 saturated heterocycles. The van der Waals surface area contributed by atoms with Crippen LogP contribution < -0.4 is 11.3 Å². The molecule has 3 nitrogen and oxygen atoms in total. The molecule has 2 rings (SSSR count). The Labute approximate surface area is 92.7 Å². The molecule has 2 heterocycles. The molecule has 5 heteroatoms. The van der Waals surface area contributed by atoms with Crippen molar-refractivity contribution in [3.8, 4) is 10.4 Å². The average Bonchev–Trinajstić information content (AvgIpc) is 2.50. The second-order valence-electron chi connectivity index (χ2n) is 2.82. The number of rotatable bonds is 1. The molecule has 2 aromatic rings. The van der Waals surface area contributed by atoms with Gasteiger partial charge in [0.15, 0.2) is 0 Å². The Morgan fingerprint density at radius 2 is 2.14 bits per heavy atom. The van der Waals surface area contributed by atoms with Gasteiger partial charge in [-0.25, -0.2) is 0 Å². The molecule has 0 bridgehead atoms. The monoisotopic (exact) mass is 270 g/mol. The SMILES string of the molecule is Nc1cc(-c2cc(Br)cs2)cc(=O)[nH]1. The molecule has 14 heavy (non-hydrogen) atoms. The zero-order chi connectivity index (χ0) is 10.1. The number of hydrogen-bond donors (Lipinski definition) is 2. The zero-order valence-corrected chi connectivity index (χ0v) is 9.48. The summed E-state index contributed by atoms with van der Waals surface area (Å²) in [5.74, 6) is 0.386. The maximum atomic E-state index is 11.1. The summed E-state index contributed by atoms with van der Waals surface area (Å²) in [6, 6.07) is 5.24. The Balaban J connectivity index is 2.56. The molecule has 0 spiro atoms. The number of aromatic amines is 1. The van der Waals surface area contributed by atoms with E-state index in [4.69, 9.17) is 5.73 Å². The fourth-order valence-corrected chi connectivity index (χ4v) is 2.59. The molecule has 0 aliphatic rings.